The number of carbonyl (C=O) groups excluding carboxylic acids is 2. The minimum absolute atomic E-state index is 0.0360. The lowest BCUT2D eigenvalue weighted by Crippen LogP contribution is -2.55. The second-order valence-electron chi connectivity index (χ2n) is 11.8. The van der Waals surface area contributed by atoms with Crippen LogP contribution in [0.4, 0.5) is 5.69 Å². The second-order valence-corrected chi connectivity index (χ2v) is 14.1. The van der Waals surface area contributed by atoms with Gasteiger partial charge in [-0.25, -0.2) is 8.42 Å². The van der Waals surface area contributed by atoms with Gasteiger partial charge in [0.25, 0.3) is 10.0 Å². The van der Waals surface area contributed by atoms with Gasteiger partial charge in [-0.2, -0.15) is 0 Å². The first-order valence-electron chi connectivity index (χ1n) is 15.7. The van der Waals surface area contributed by atoms with Crippen LogP contribution in [0.2, 0.25) is 5.02 Å². The fraction of sp³-hybridized carbons (Fsp3) is 0.297. The van der Waals surface area contributed by atoms with Crippen LogP contribution in [0.15, 0.2) is 114 Å². The van der Waals surface area contributed by atoms with Gasteiger partial charge >= 0.3 is 0 Å². The summed E-state index contributed by atoms with van der Waals surface area (Å²) < 4.78 is 29.5. The largest absolute Gasteiger partial charge is 0.352 e. The van der Waals surface area contributed by atoms with Crippen LogP contribution in [0.5, 0.6) is 0 Å². The van der Waals surface area contributed by atoms with E-state index < -0.39 is 28.5 Å². The van der Waals surface area contributed by atoms with Crippen molar-refractivity contribution in [2.24, 2.45) is 0 Å². The van der Waals surface area contributed by atoms with Gasteiger partial charge in [-0.3, -0.25) is 13.9 Å². The van der Waals surface area contributed by atoms with Crippen molar-refractivity contribution in [1.82, 2.24) is 10.2 Å². The van der Waals surface area contributed by atoms with Crippen LogP contribution in [0.1, 0.15) is 48.8 Å². The molecule has 240 valence electrons. The third-order valence-electron chi connectivity index (χ3n) is 8.48. The summed E-state index contributed by atoms with van der Waals surface area (Å²) in [5.41, 5.74) is 2.77. The monoisotopic (exact) mass is 657 g/mol. The van der Waals surface area contributed by atoms with E-state index in [1.165, 1.54) is 17.0 Å². The van der Waals surface area contributed by atoms with Crippen molar-refractivity contribution in [3.05, 3.63) is 131 Å². The third kappa shape index (κ3) is 8.36. The van der Waals surface area contributed by atoms with Crippen molar-refractivity contribution < 1.29 is 18.0 Å². The van der Waals surface area contributed by atoms with Crippen molar-refractivity contribution in [2.75, 3.05) is 10.8 Å². The van der Waals surface area contributed by atoms with Crippen LogP contribution in [0, 0.1) is 6.92 Å². The van der Waals surface area contributed by atoms with Crippen LogP contribution >= 0.6 is 11.6 Å². The molecule has 1 atom stereocenters. The molecule has 1 fully saturated rings. The molecule has 1 unspecified atom stereocenters. The first kappa shape index (κ1) is 33.2. The maximum absolute atomic E-state index is 14.6. The van der Waals surface area contributed by atoms with Gasteiger partial charge in [-0.1, -0.05) is 110 Å². The van der Waals surface area contributed by atoms with Crippen LogP contribution in [0.3, 0.4) is 0 Å². The SMILES string of the molecule is Cc1ccccc1N(CC(=O)N(Cc1ccc(Cl)cc1)C(Cc1ccccc1)C(=O)NC1CCCCC1)S(=O)(=O)c1ccccc1. The zero-order valence-corrected chi connectivity index (χ0v) is 27.6. The van der Waals surface area contributed by atoms with E-state index in [0.717, 1.165) is 47.5 Å². The second kappa shape index (κ2) is 15.4. The van der Waals surface area contributed by atoms with Crippen LogP contribution in [-0.4, -0.2) is 43.8 Å². The van der Waals surface area contributed by atoms with Crippen LogP contribution in [0.25, 0.3) is 0 Å². The van der Waals surface area contributed by atoms with Crippen molar-refractivity contribution in [2.45, 2.75) is 69.0 Å². The van der Waals surface area contributed by atoms with Gasteiger partial charge in [0.1, 0.15) is 12.6 Å². The summed E-state index contributed by atoms with van der Waals surface area (Å²) in [6, 6.07) is 31.1. The maximum Gasteiger partial charge on any atom is 0.264 e. The maximum atomic E-state index is 14.6. The normalized spacial score (nSPS) is 14.3. The molecular formula is C37H40ClN3O4S. The zero-order valence-electron chi connectivity index (χ0n) is 26.0. The summed E-state index contributed by atoms with van der Waals surface area (Å²) in [5, 5.41) is 3.79. The zero-order chi connectivity index (χ0) is 32.5. The molecule has 4 aromatic carbocycles. The van der Waals surface area contributed by atoms with Crippen LogP contribution < -0.4 is 9.62 Å². The lowest BCUT2D eigenvalue weighted by atomic mass is 9.94. The number of hydrogen-bond donors (Lipinski definition) is 1. The van der Waals surface area contributed by atoms with E-state index in [1.807, 2.05) is 61.5 Å². The highest BCUT2D eigenvalue weighted by atomic mass is 35.5. The molecule has 1 aliphatic rings. The Balaban J connectivity index is 1.56. The summed E-state index contributed by atoms with van der Waals surface area (Å²) in [6.45, 7) is 1.42. The molecule has 1 aliphatic carbocycles. The molecule has 1 N–H and O–H groups in total. The Labute approximate surface area is 277 Å². The van der Waals surface area contributed by atoms with Gasteiger partial charge < -0.3 is 10.2 Å². The van der Waals surface area contributed by atoms with Crippen molar-refractivity contribution in [3.63, 3.8) is 0 Å². The number of sulfonamides is 1. The molecule has 7 nitrogen and oxygen atoms in total. The number of para-hydroxylation sites is 1. The summed E-state index contributed by atoms with van der Waals surface area (Å²) >= 11 is 6.18. The fourth-order valence-corrected chi connectivity index (χ4v) is 7.59. The van der Waals surface area contributed by atoms with Gasteiger partial charge in [0.2, 0.25) is 11.8 Å². The molecule has 9 heteroatoms. The first-order valence-corrected chi connectivity index (χ1v) is 17.6. The number of hydrogen-bond acceptors (Lipinski definition) is 4. The molecule has 0 bridgehead atoms. The quantitative estimate of drug-likeness (QED) is 0.179. The van der Waals surface area contributed by atoms with E-state index in [2.05, 4.69) is 5.32 Å². The average molecular weight is 658 g/mol. The topological polar surface area (TPSA) is 86.8 Å². The minimum Gasteiger partial charge on any atom is -0.352 e. The number of rotatable bonds is 12. The van der Waals surface area contributed by atoms with Crippen LogP contribution in [-0.2, 0) is 32.6 Å². The Kier molecular flexibility index (Phi) is 11.1. The van der Waals surface area contributed by atoms with Gasteiger partial charge in [-0.05, 0) is 66.8 Å². The summed E-state index contributed by atoms with van der Waals surface area (Å²) in [5.74, 6) is -0.733. The van der Waals surface area contributed by atoms with E-state index in [0.29, 0.717) is 16.3 Å². The number of benzene rings is 4. The minimum atomic E-state index is -4.14. The van der Waals surface area contributed by atoms with Crippen molar-refractivity contribution >= 4 is 39.1 Å². The summed E-state index contributed by atoms with van der Waals surface area (Å²) in [6.07, 6.45) is 5.30. The molecule has 46 heavy (non-hydrogen) atoms. The number of carbonyl (C=O) groups is 2. The number of amides is 2. The molecule has 0 aromatic heterocycles. The predicted octanol–water partition coefficient (Wildman–Crippen LogP) is 6.93. The molecular weight excluding hydrogens is 618 g/mol. The first-order chi connectivity index (χ1) is 22.2. The fourth-order valence-electron chi connectivity index (χ4n) is 5.96. The Morgan fingerprint density at radius 3 is 2.07 bits per heavy atom. The molecule has 4 aromatic rings. The van der Waals surface area contributed by atoms with E-state index in [9.17, 15) is 18.0 Å². The smallest absolute Gasteiger partial charge is 0.264 e. The lowest BCUT2D eigenvalue weighted by molar-refractivity contribution is -0.140. The number of aryl methyl sites for hydroxylation is 1. The predicted molar refractivity (Wildman–Crippen MR) is 183 cm³/mol. The third-order valence-corrected chi connectivity index (χ3v) is 10.5. The molecule has 0 radical (unpaired) electrons. The molecule has 0 heterocycles. The van der Waals surface area contributed by atoms with Gasteiger partial charge in [0.15, 0.2) is 0 Å². The Morgan fingerprint density at radius 2 is 1.41 bits per heavy atom. The molecule has 0 spiro atoms. The van der Waals surface area contributed by atoms with Crippen molar-refractivity contribution in [3.8, 4) is 0 Å². The lowest BCUT2D eigenvalue weighted by Gasteiger charge is -2.35. The Hall–Kier alpha value is -4.14. The van der Waals surface area contributed by atoms with E-state index in [1.54, 1.807) is 42.5 Å². The number of nitrogens with zero attached hydrogens (tertiary/aromatic N) is 2. The number of halogens is 1. The molecule has 0 saturated heterocycles. The van der Waals surface area contributed by atoms with Crippen molar-refractivity contribution in [1.29, 1.82) is 0 Å². The molecule has 1 saturated carbocycles. The summed E-state index contributed by atoms with van der Waals surface area (Å²) in [4.78, 5) is 30.4. The summed E-state index contributed by atoms with van der Waals surface area (Å²) in [7, 11) is -4.14. The highest BCUT2D eigenvalue weighted by Gasteiger charge is 2.35. The molecule has 5 rings (SSSR count). The van der Waals surface area contributed by atoms with Gasteiger partial charge in [0.05, 0.1) is 10.6 Å². The van der Waals surface area contributed by atoms with E-state index >= 15 is 0 Å². The Morgan fingerprint density at radius 1 is 0.804 bits per heavy atom. The molecule has 2 amide bonds. The van der Waals surface area contributed by atoms with Gasteiger partial charge in [-0.15, -0.1) is 0 Å². The van der Waals surface area contributed by atoms with E-state index in [4.69, 9.17) is 11.6 Å². The van der Waals surface area contributed by atoms with E-state index in [-0.39, 0.29) is 29.8 Å². The van der Waals surface area contributed by atoms with Gasteiger partial charge in [0, 0.05) is 24.0 Å². The highest BCUT2D eigenvalue weighted by Crippen LogP contribution is 2.28. The highest BCUT2D eigenvalue weighted by molar-refractivity contribution is 7.92. The number of anilines is 1. The number of nitrogens with one attached hydrogen (secondary N) is 1. The standard InChI is InChI=1S/C37H40ClN3O4S/c1-28-13-11-12-20-34(28)41(46(44,45)33-18-9-4-10-19-33)27-36(42)40(26-30-21-23-31(38)24-22-30)35(25-29-14-5-2-6-15-29)37(43)39-32-16-7-3-8-17-32/h2,4-6,9-15,18-24,32,35H,3,7-8,16-17,25-27H2,1H3,(H,39,43). The average Bonchev–Trinajstić information content (AvgIpc) is 3.07. The molecule has 0 aliphatic heterocycles. The Bertz CT molecular complexity index is 1710.